The van der Waals surface area contributed by atoms with Crippen molar-refractivity contribution in [2.75, 3.05) is 19.8 Å². The van der Waals surface area contributed by atoms with E-state index in [2.05, 4.69) is 46.7 Å². The zero-order valence-corrected chi connectivity index (χ0v) is 15.5. The van der Waals surface area contributed by atoms with Gasteiger partial charge in [0, 0.05) is 37.1 Å². The van der Waals surface area contributed by atoms with E-state index in [1.54, 1.807) is 11.3 Å². The Morgan fingerprint density at radius 2 is 1.88 bits per heavy atom. The highest BCUT2D eigenvalue weighted by Crippen LogP contribution is 2.19. The molecule has 1 aromatic carbocycles. The third-order valence-electron chi connectivity index (χ3n) is 4.83. The second-order valence-corrected chi connectivity index (χ2v) is 7.63. The molecule has 0 atom stereocenters. The van der Waals surface area contributed by atoms with Crippen LogP contribution >= 0.6 is 11.3 Å². The zero-order valence-electron chi connectivity index (χ0n) is 14.7. The fourth-order valence-corrected chi connectivity index (χ4v) is 4.12. The molecule has 3 nitrogen and oxygen atoms in total. The highest BCUT2D eigenvalue weighted by Gasteiger charge is 2.25. The summed E-state index contributed by atoms with van der Waals surface area (Å²) in [5.41, 5.74) is 1.31. The first-order valence-corrected chi connectivity index (χ1v) is 10.1. The summed E-state index contributed by atoms with van der Waals surface area (Å²) in [6.07, 6.45) is 5.42. The molecule has 0 spiro atoms. The molecular formula is C21H27NO2S. The number of hydrogen-bond donors (Lipinski definition) is 0. The molecule has 0 saturated carbocycles. The zero-order chi connectivity index (χ0) is 17.3. The lowest BCUT2D eigenvalue weighted by molar-refractivity contribution is -0.135. The number of aryl methyl sites for hydroxylation is 1. The van der Waals surface area contributed by atoms with Crippen LogP contribution in [0, 0.1) is 0 Å². The van der Waals surface area contributed by atoms with Gasteiger partial charge in [-0.2, -0.15) is 0 Å². The number of hydrogen-bond acceptors (Lipinski definition) is 3. The largest absolute Gasteiger partial charge is 0.381 e. The van der Waals surface area contributed by atoms with Crippen molar-refractivity contribution in [3.8, 4) is 0 Å². The maximum absolute atomic E-state index is 12.9. The number of rotatable bonds is 8. The molecule has 1 aliphatic rings. The molecule has 1 fully saturated rings. The highest BCUT2D eigenvalue weighted by atomic mass is 32.1. The van der Waals surface area contributed by atoms with E-state index in [0.29, 0.717) is 18.4 Å². The average Bonchev–Trinajstić information content (AvgIpc) is 3.17. The summed E-state index contributed by atoms with van der Waals surface area (Å²) in [5, 5.41) is 2.11. The maximum atomic E-state index is 12.9. The van der Waals surface area contributed by atoms with Crippen molar-refractivity contribution >= 4 is 17.2 Å². The van der Waals surface area contributed by atoms with Crippen LogP contribution < -0.4 is 0 Å². The molecule has 2 heterocycles. The summed E-state index contributed by atoms with van der Waals surface area (Å²) in [7, 11) is 0. The van der Waals surface area contributed by atoms with Crippen molar-refractivity contribution < 1.29 is 9.53 Å². The molecular weight excluding hydrogens is 330 g/mol. The van der Waals surface area contributed by atoms with Crippen LogP contribution in [0.25, 0.3) is 0 Å². The van der Waals surface area contributed by atoms with Gasteiger partial charge >= 0.3 is 0 Å². The third-order valence-corrected chi connectivity index (χ3v) is 5.77. The lowest BCUT2D eigenvalue weighted by Gasteiger charge is -2.34. The van der Waals surface area contributed by atoms with E-state index in [0.717, 1.165) is 51.9 Å². The number of nitrogens with zero attached hydrogens (tertiary/aromatic N) is 1. The van der Waals surface area contributed by atoms with Crippen LogP contribution in [-0.2, 0) is 22.4 Å². The molecule has 1 amide bonds. The Morgan fingerprint density at radius 3 is 2.60 bits per heavy atom. The number of ether oxygens (including phenoxy) is 1. The first kappa shape index (κ1) is 18.2. The Bertz CT molecular complexity index is 621. The normalized spacial score (nSPS) is 15.2. The molecule has 1 saturated heterocycles. The summed E-state index contributed by atoms with van der Waals surface area (Å²) >= 11 is 1.78. The fourth-order valence-electron chi connectivity index (χ4n) is 3.43. The second kappa shape index (κ2) is 9.73. The minimum absolute atomic E-state index is 0.305. The van der Waals surface area contributed by atoms with E-state index in [1.807, 2.05) is 6.07 Å². The van der Waals surface area contributed by atoms with Crippen LogP contribution in [0.4, 0.5) is 0 Å². The van der Waals surface area contributed by atoms with Crippen molar-refractivity contribution in [3.63, 3.8) is 0 Å². The lowest BCUT2D eigenvalue weighted by Crippen LogP contribution is -2.44. The Labute approximate surface area is 154 Å². The van der Waals surface area contributed by atoms with Crippen molar-refractivity contribution in [2.24, 2.45) is 0 Å². The second-order valence-electron chi connectivity index (χ2n) is 6.60. The lowest BCUT2D eigenvalue weighted by atomic mass is 10.0. The van der Waals surface area contributed by atoms with Crippen LogP contribution in [0.3, 0.4) is 0 Å². The number of benzene rings is 1. The van der Waals surface area contributed by atoms with Gasteiger partial charge in [0.1, 0.15) is 0 Å². The molecule has 0 unspecified atom stereocenters. The van der Waals surface area contributed by atoms with Crippen molar-refractivity contribution in [2.45, 2.75) is 44.6 Å². The van der Waals surface area contributed by atoms with Crippen LogP contribution in [0.2, 0.25) is 0 Å². The molecule has 0 radical (unpaired) electrons. The van der Waals surface area contributed by atoms with E-state index in [-0.39, 0.29) is 0 Å². The van der Waals surface area contributed by atoms with Crippen molar-refractivity contribution in [1.29, 1.82) is 0 Å². The number of thiophene rings is 1. The summed E-state index contributed by atoms with van der Waals surface area (Å²) < 4.78 is 5.48. The van der Waals surface area contributed by atoms with Crippen molar-refractivity contribution in [3.05, 3.63) is 58.3 Å². The van der Waals surface area contributed by atoms with Crippen LogP contribution in [0.5, 0.6) is 0 Å². The molecule has 1 aromatic heterocycles. The van der Waals surface area contributed by atoms with Gasteiger partial charge < -0.3 is 9.64 Å². The fraction of sp³-hybridized carbons (Fsp3) is 0.476. The van der Waals surface area contributed by atoms with Gasteiger partial charge in [0.2, 0.25) is 5.91 Å². The average molecular weight is 358 g/mol. The Balaban J connectivity index is 1.53. The first-order valence-electron chi connectivity index (χ1n) is 9.26. The standard InChI is InChI=1S/C21H27NO2S/c23-21(10-4-8-18-6-2-1-3-7-18)22(19-12-15-24-16-13-19)14-11-20-9-5-17-25-20/h1-3,5-7,9,17,19H,4,8,10-16H2. The molecule has 2 aromatic rings. The molecule has 0 bridgehead atoms. The molecule has 3 rings (SSSR count). The van der Waals surface area contributed by atoms with Gasteiger partial charge in [-0.05, 0) is 49.1 Å². The predicted molar refractivity (Wildman–Crippen MR) is 103 cm³/mol. The topological polar surface area (TPSA) is 29.5 Å². The van der Waals surface area contributed by atoms with Gasteiger partial charge in [-0.1, -0.05) is 36.4 Å². The van der Waals surface area contributed by atoms with Gasteiger partial charge in [-0.25, -0.2) is 0 Å². The minimum atomic E-state index is 0.305. The van der Waals surface area contributed by atoms with Gasteiger partial charge in [-0.3, -0.25) is 4.79 Å². The van der Waals surface area contributed by atoms with E-state index >= 15 is 0 Å². The third kappa shape index (κ3) is 5.68. The summed E-state index contributed by atoms with van der Waals surface area (Å²) in [6.45, 7) is 2.38. The molecule has 25 heavy (non-hydrogen) atoms. The van der Waals surface area contributed by atoms with Gasteiger partial charge in [-0.15, -0.1) is 11.3 Å². The van der Waals surface area contributed by atoms with E-state index < -0.39 is 0 Å². The summed E-state index contributed by atoms with van der Waals surface area (Å²) in [6, 6.07) is 15.0. The SMILES string of the molecule is O=C(CCCc1ccccc1)N(CCc1cccs1)C1CCOCC1. The minimum Gasteiger partial charge on any atom is -0.381 e. The summed E-state index contributed by atoms with van der Waals surface area (Å²) in [4.78, 5) is 16.4. The van der Waals surface area contributed by atoms with E-state index in [9.17, 15) is 4.79 Å². The Kier molecular flexibility index (Phi) is 7.07. The number of carbonyl (C=O) groups excluding carboxylic acids is 1. The smallest absolute Gasteiger partial charge is 0.222 e. The Hall–Kier alpha value is -1.65. The summed E-state index contributed by atoms with van der Waals surface area (Å²) in [5.74, 6) is 0.305. The van der Waals surface area contributed by atoms with Gasteiger partial charge in [0.15, 0.2) is 0 Å². The molecule has 0 aliphatic carbocycles. The quantitative estimate of drug-likeness (QED) is 0.704. The molecule has 0 N–H and O–H groups in total. The molecule has 1 aliphatic heterocycles. The van der Waals surface area contributed by atoms with Gasteiger partial charge in [0.05, 0.1) is 0 Å². The number of carbonyl (C=O) groups is 1. The monoisotopic (exact) mass is 357 g/mol. The number of amides is 1. The highest BCUT2D eigenvalue weighted by molar-refractivity contribution is 7.09. The molecule has 134 valence electrons. The van der Waals surface area contributed by atoms with Crippen LogP contribution in [0.1, 0.15) is 36.1 Å². The van der Waals surface area contributed by atoms with E-state index in [4.69, 9.17) is 4.74 Å². The Morgan fingerprint density at radius 1 is 1.08 bits per heavy atom. The molecule has 4 heteroatoms. The van der Waals surface area contributed by atoms with Crippen LogP contribution in [-0.4, -0.2) is 36.6 Å². The predicted octanol–water partition coefficient (Wildman–Crippen LogP) is 4.32. The van der Waals surface area contributed by atoms with E-state index in [1.165, 1.54) is 10.4 Å². The van der Waals surface area contributed by atoms with Crippen molar-refractivity contribution in [1.82, 2.24) is 4.90 Å². The van der Waals surface area contributed by atoms with Gasteiger partial charge in [0.25, 0.3) is 0 Å². The first-order chi connectivity index (χ1) is 12.3. The maximum Gasteiger partial charge on any atom is 0.222 e. The van der Waals surface area contributed by atoms with Crippen LogP contribution in [0.15, 0.2) is 47.8 Å².